The van der Waals surface area contributed by atoms with Crippen LogP contribution in [0, 0.1) is 21.4 Å². The summed E-state index contributed by atoms with van der Waals surface area (Å²) in [6.07, 6.45) is -0.0481. The van der Waals surface area contributed by atoms with Crippen LogP contribution in [0.15, 0.2) is 18.2 Å². The predicted octanol–water partition coefficient (Wildman–Crippen LogP) is 0.913. The van der Waals surface area contributed by atoms with Gasteiger partial charge in [0.25, 0.3) is 5.69 Å². The molecule has 0 aliphatic heterocycles. The van der Waals surface area contributed by atoms with E-state index >= 15 is 0 Å². The topological polar surface area (TPSA) is 102 Å². The van der Waals surface area contributed by atoms with Crippen molar-refractivity contribution in [2.24, 2.45) is 5.90 Å². The summed E-state index contributed by atoms with van der Waals surface area (Å²) in [7, 11) is 0. The van der Waals surface area contributed by atoms with E-state index in [0.717, 1.165) is 0 Å². The molecule has 6 nitrogen and oxygen atoms in total. The van der Waals surface area contributed by atoms with Crippen molar-refractivity contribution in [2.75, 3.05) is 0 Å². The van der Waals surface area contributed by atoms with Crippen molar-refractivity contribution in [2.45, 2.75) is 6.42 Å². The molecule has 6 heteroatoms. The van der Waals surface area contributed by atoms with Crippen molar-refractivity contribution >= 4 is 5.69 Å². The van der Waals surface area contributed by atoms with Crippen molar-refractivity contribution < 1.29 is 9.76 Å². The third-order valence-electron chi connectivity index (χ3n) is 1.65. The van der Waals surface area contributed by atoms with Gasteiger partial charge in [0, 0.05) is 11.6 Å². The highest BCUT2D eigenvalue weighted by Crippen LogP contribution is 2.23. The fourth-order valence-corrected chi connectivity index (χ4v) is 1.04. The number of nitro benzene ring substituents is 1. The Morgan fingerprint density at radius 2 is 2.36 bits per heavy atom. The molecular formula is C8H7N3O3. The number of hydrogen-bond acceptors (Lipinski definition) is 5. The zero-order valence-corrected chi connectivity index (χ0v) is 7.14. The quantitative estimate of drug-likeness (QED) is 0.567. The van der Waals surface area contributed by atoms with Crippen molar-refractivity contribution in [3.63, 3.8) is 0 Å². The smallest absolute Gasteiger partial charge is 0.273 e. The molecule has 1 rings (SSSR count). The Bertz CT molecular complexity index is 397. The Labute approximate surface area is 79.6 Å². The van der Waals surface area contributed by atoms with Crippen molar-refractivity contribution in [1.82, 2.24) is 0 Å². The molecule has 0 aliphatic rings. The third-order valence-corrected chi connectivity index (χ3v) is 1.65. The SMILES string of the molecule is N#CCc1cc(ON)ccc1[N+](=O)[O-]. The number of nitrogens with two attached hydrogens (primary N) is 1. The minimum atomic E-state index is -0.549. The van der Waals surface area contributed by atoms with Gasteiger partial charge in [-0.25, -0.2) is 0 Å². The van der Waals surface area contributed by atoms with Crippen molar-refractivity contribution in [1.29, 1.82) is 5.26 Å². The van der Waals surface area contributed by atoms with Crippen LogP contribution in [-0.4, -0.2) is 4.92 Å². The summed E-state index contributed by atoms with van der Waals surface area (Å²) in [6.45, 7) is 0. The molecule has 0 unspecified atom stereocenters. The molecule has 0 aliphatic carbocycles. The maximum Gasteiger partial charge on any atom is 0.273 e. The molecule has 0 fully saturated rings. The molecule has 0 aromatic heterocycles. The molecule has 0 atom stereocenters. The zero-order chi connectivity index (χ0) is 10.6. The lowest BCUT2D eigenvalue weighted by molar-refractivity contribution is -0.385. The first-order valence-electron chi connectivity index (χ1n) is 3.70. The van der Waals surface area contributed by atoms with Gasteiger partial charge in [0.1, 0.15) is 5.75 Å². The summed E-state index contributed by atoms with van der Waals surface area (Å²) in [5, 5.41) is 19.0. The van der Waals surface area contributed by atoms with Gasteiger partial charge in [-0.2, -0.15) is 11.2 Å². The van der Waals surface area contributed by atoms with Gasteiger partial charge in [0.05, 0.1) is 17.4 Å². The van der Waals surface area contributed by atoms with Gasteiger partial charge in [-0.05, 0) is 12.1 Å². The van der Waals surface area contributed by atoms with Crippen LogP contribution in [0.4, 0.5) is 5.69 Å². The molecule has 0 bridgehead atoms. The van der Waals surface area contributed by atoms with E-state index in [9.17, 15) is 10.1 Å². The van der Waals surface area contributed by atoms with E-state index in [0.29, 0.717) is 11.3 Å². The maximum absolute atomic E-state index is 10.5. The van der Waals surface area contributed by atoms with E-state index in [1.807, 2.05) is 6.07 Å². The summed E-state index contributed by atoms with van der Waals surface area (Å²) in [6, 6.07) is 5.84. The first kappa shape index (κ1) is 9.95. The second kappa shape index (κ2) is 4.20. The number of rotatable bonds is 3. The van der Waals surface area contributed by atoms with Gasteiger partial charge in [-0.15, -0.1) is 0 Å². The second-order valence-electron chi connectivity index (χ2n) is 2.50. The Morgan fingerprint density at radius 1 is 1.64 bits per heavy atom. The number of nitrogens with zero attached hydrogens (tertiary/aromatic N) is 2. The van der Waals surface area contributed by atoms with E-state index in [-0.39, 0.29) is 12.1 Å². The molecule has 0 heterocycles. The average molecular weight is 193 g/mol. The van der Waals surface area contributed by atoms with Gasteiger partial charge >= 0.3 is 0 Å². The van der Waals surface area contributed by atoms with E-state index in [4.69, 9.17) is 11.2 Å². The van der Waals surface area contributed by atoms with Gasteiger partial charge in [0.15, 0.2) is 0 Å². The van der Waals surface area contributed by atoms with Gasteiger partial charge < -0.3 is 4.84 Å². The molecular weight excluding hydrogens is 186 g/mol. The molecule has 0 spiro atoms. The van der Waals surface area contributed by atoms with Gasteiger partial charge in [-0.1, -0.05) is 0 Å². The highest BCUT2D eigenvalue weighted by molar-refractivity contribution is 5.46. The van der Waals surface area contributed by atoms with Crippen LogP contribution in [0.3, 0.4) is 0 Å². The van der Waals surface area contributed by atoms with Crippen LogP contribution in [0.1, 0.15) is 5.56 Å². The lowest BCUT2D eigenvalue weighted by atomic mass is 10.1. The summed E-state index contributed by atoms with van der Waals surface area (Å²) in [4.78, 5) is 14.4. The fourth-order valence-electron chi connectivity index (χ4n) is 1.04. The first-order chi connectivity index (χ1) is 6.69. The van der Waals surface area contributed by atoms with Crippen LogP contribution in [0.2, 0.25) is 0 Å². The highest BCUT2D eigenvalue weighted by atomic mass is 16.6. The molecule has 14 heavy (non-hydrogen) atoms. The Morgan fingerprint density at radius 3 is 2.86 bits per heavy atom. The Balaban J connectivity index is 3.18. The highest BCUT2D eigenvalue weighted by Gasteiger charge is 2.13. The van der Waals surface area contributed by atoms with E-state index in [1.54, 1.807) is 0 Å². The Hall–Kier alpha value is -2.13. The summed E-state index contributed by atoms with van der Waals surface area (Å²) in [5.74, 6) is 5.18. The number of benzene rings is 1. The molecule has 2 N–H and O–H groups in total. The monoisotopic (exact) mass is 193 g/mol. The van der Waals surface area contributed by atoms with Crippen LogP contribution >= 0.6 is 0 Å². The summed E-state index contributed by atoms with van der Waals surface area (Å²) >= 11 is 0. The van der Waals surface area contributed by atoms with E-state index < -0.39 is 4.92 Å². The fraction of sp³-hybridized carbons (Fsp3) is 0.125. The van der Waals surface area contributed by atoms with Gasteiger partial charge in [0.2, 0.25) is 0 Å². The van der Waals surface area contributed by atoms with E-state index in [1.165, 1.54) is 18.2 Å². The van der Waals surface area contributed by atoms with Crippen LogP contribution in [0.5, 0.6) is 5.75 Å². The third kappa shape index (κ3) is 1.97. The number of nitro groups is 1. The zero-order valence-electron chi connectivity index (χ0n) is 7.14. The second-order valence-corrected chi connectivity index (χ2v) is 2.50. The lowest BCUT2D eigenvalue weighted by Crippen LogP contribution is -2.03. The molecule has 1 aromatic carbocycles. The summed E-state index contributed by atoms with van der Waals surface area (Å²) in [5.41, 5.74) is 0.188. The molecule has 1 aromatic rings. The van der Waals surface area contributed by atoms with Crippen molar-refractivity contribution in [3.05, 3.63) is 33.9 Å². The van der Waals surface area contributed by atoms with Crippen LogP contribution in [-0.2, 0) is 6.42 Å². The molecule has 0 saturated heterocycles. The molecule has 0 amide bonds. The number of nitriles is 1. The molecule has 0 radical (unpaired) electrons. The average Bonchev–Trinajstić information content (AvgIpc) is 2.17. The minimum Gasteiger partial charge on any atom is -0.412 e. The van der Waals surface area contributed by atoms with Crippen molar-refractivity contribution in [3.8, 4) is 11.8 Å². The standard InChI is InChI=1S/C8H7N3O3/c9-4-3-6-5-7(14-10)1-2-8(6)11(12)13/h1-2,5H,3,10H2. The summed E-state index contributed by atoms with van der Waals surface area (Å²) < 4.78 is 0. The largest absolute Gasteiger partial charge is 0.412 e. The lowest BCUT2D eigenvalue weighted by Gasteiger charge is -2.01. The van der Waals surface area contributed by atoms with Gasteiger partial charge in [-0.3, -0.25) is 10.1 Å². The first-order valence-corrected chi connectivity index (χ1v) is 3.70. The van der Waals surface area contributed by atoms with Crippen LogP contribution < -0.4 is 10.7 Å². The predicted molar refractivity (Wildman–Crippen MR) is 47.2 cm³/mol. The normalized spacial score (nSPS) is 9.14. The van der Waals surface area contributed by atoms with E-state index in [2.05, 4.69) is 4.84 Å². The molecule has 0 saturated carbocycles. The minimum absolute atomic E-state index is 0.0481. The maximum atomic E-state index is 10.5. The van der Waals surface area contributed by atoms with Crippen LogP contribution in [0.25, 0.3) is 0 Å². The Kier molecular flexibility index (Phi) is 2.99. The number of hydrogen-bond donors (Lipinski definition) is 1. The molecule has 72 valence electrons.